The number of aliphatic hydroxyl groups is 2. The molecule has 6 nitrogen and oxygen atoms in total. The molecule has 0 fully saturated rings. The Morgan fingerprint density at radius 2 is 1.86 bits per heavy atom. The Bertz CT molecular complexity index is 1110. The molecule has 3 aromatic rings. The van der Waals surface area contributed by atoms with Gasteiger partial charge in [0.1, 0.15) is 24.2 Å². The largest absolute Gasteiger partial charge is 0.497 e. The molecule has 2 N–H and O–H groups in total. The lowest BCUT2D eigenvalue weighted by atomic mass is 9.71. The molecule has 1 aliphatic carbocycles. The highest BCUT2D eigenvalue weighted by Gasteiger charge is 2.41. The normalized spacial score (nSPS) is 15.7. The van der Waals surface area contributed by atoms with E-state index in [9.17, 15) is 9.90 Å². The quantitative estimate of drug-likeness (QED) is 0.694. The van der Waals surface area contributed by atoms with Crippen LogP contribution in [0.5, 0.6) is 11.5 Å². The Balaban J connectivity index is 1.87. The SMILES string of the molecule is COc1ccc2c3c(n(C)c2c1)C(C)(C)c1cc(OCC(O)CO)ccc1C3=O. The Kier molecular flexibility index (Phi) is 4.63. The summed E-state index contributed by atoms with van der Waals surface area (Å²) in [5.74, 6) is 1.30. The number of benzene rings is 2. The molecule has 1 aliphatic rings. The van der Waals surface area contributed by atoms with Gasteiger partial charge in [0.15, 0.2) is 5.78 Å². The predicted octanol–water partition coefficient (Wildman–Crippen LogP) is 2.79. The van der Waals surface area contributed by atoms with Gasteiger partial charge in [-0.3, -0.25) is 4.79 Å². The number of fused-ring (bicyclic) bond motifs is 4. The minimum absolute atomic E-state index is 0.00738. The minimum atomic E-state index is -0.944. The maximum atomic E-state index is 13.4. The third kappa shape index (κ3) is 2.91. The minimum Gasteiger partial charge on any atom is -0.497 e. The average molecular weight is 395 g/mol. The number of ketones is 1. The van der Waals surface area contributed by atoms with Crippen LogP contribution >= 0.6 is 0 Å². The summed E-state index contributed by atoms with van der Waals surface area (Å²) >= 11 is 0. The molecule has 0 bridgehead atoms. The van der Waals surface area contributed by atoms with Crippen LogP contribution in [0.4, 0.5) is 0 Å². The number of hydrogen-bond acceptors (Lipinski definition) is 5. The van der Waals surface area contributed by atoms with Crippen molar-refractivity contribution in [3.63, 3.8) is 0 Å². The van der Waals surface area contributed by atoms with Crippen LogP contribution in [0.1, 0.15) is 41.0 Å². The smallest absolute Gasteiger partial charge is 0.195 e. The number of aryl methyl sites for hydroxylation is 1. The monoisotopic (exact) mass is 395 g/mol. The van der Waals surface area contributed by atoms with E-state index < -0.39 is 11.5 Å². The van der Waals surface area contributed by atoms with E-state index in [1.165, 1.54) is 0 Å². The predicted molar refractivity (Wildman–Crippen MR) is 110 cm³/mol. The van der Waals surface area contributed by atoms with Crippen LogP contribution in [0.3, 0.4) is 0 Å². The lowest BCUT2D eigenvalue weighted by Gasteiger charge is -2.34. The van der Waals surface area contributed by atoms with Gasteiger partial charge in [0.2, 0.25) is 0 Å². The molecule has 4 rings (SSSR count). The van der Waals surface area contributed by atoms with Gasteiger partial charge in [-0.15, -0.1) is 0 Å². The molecular formula is C23H25NO5. The number of ether oxygens (including phenoxy) is 2. The van der Waals surface area contributed by atoms with Gasteiger partial charge in [0.25, 0.3) is 0 Å². The number of carbonyl (C=O) groups is 1. The van der Waals surface area contributed by atoms with Crippen molar-refractivity contribution in [2.75, 3.05) is 20.3 Å². The molecule has 0 aliphatic heterocycles. The van der Waals surface area contributed by atoms with Gasteiger partial charge in [-0.25, -0.2) is 0 Å². The van der Waals surface area contributed by atoms with Gasteiger partial charge in [0, 0.05) is 35.2 Å². The second-order valence-corrected chi connectivity index (χ2v) is 7.97. The van der Waals surface area contributed by atoms with E-state index in [4.69, 9.17) is 14.6 Å². The molecular weight excluding hydrogens is 370 g/mol. The van der Waals surface area contributed by atoms with Crippen molar-refractivity contribution in [3.05, 3.63) is 58.8 Å². The lowest BCUT2D eigenvalue weighted by molar-refractivity contribution is 0.0535. The Morgan fingerprint density at radius 3 is 2.55 bits per heavy atom. The average Bonchev–Trinajstić information content (AvgIpc) is 3.03. The van der Waals surface area contributed by atoms with Crippen molar-refractivity contribution in [1.29, 1.82) is 0 Å². The number of nitrogens with zero attached hydrogens (tertiary/aromatic N) is 1. The number of aromatic nitrogens is 1. The van der Waals surface area contributed by atoms with Crippen LogP contribution in [0.25, 0.3) is 10.9 Å². The Labute approximate surface area is 169 Å². The van der Waals surface area contributed by atoms with Gasteiger partial charge in [-0.1, -0.05) is 13.8 Å². The second-order valence-electron chi connectivity index (χ2n) is 7.97. The molecule has 0 saturated heterocycles. The summed E-state index contributed by atoms with van der Waals surface area (Å²) in [6, 6.07) is 11.1. The molecule has 0 saturated carbocycles. The Morgan fingerprint density at radius 1 is 1.14 bits per heavy atom. The zero-order valence-electron chi connectivity index (χ0n) is 17.0. The standard InChI is InChI=1S/C23H25NO5/c1-23(2)18-9-15(29-12-13(26)11-25)6-7-16(18)21(27)20-17-8-5-14(28-4)10-19(17)24(3)22(20)23/h5-10,13,25-26H,11-12H2,1-4H3. The van der Waals surface area contributed by atoms with E-state index in [1.807, 2.05) is 31.3 Å². The van der Waals surface area contributed by atoms with E-state index in [-0.39, 0.29) is 19.0 Å². The number of rotatable bonds is 5. The van der Waals surface area contributed by atoms with Crippen LogP contribution in [-0.4, -0.2) is 47.0 Å². The summed E-state index contributed by atoms with van der Waals surface area (Å²) in [4.78, 5) is 13.4. The highest BCUT2D eigenvalue weighted by Crippen LogP contribution is 2.46. The molecule has 1 aromatic heterocycles. The van der Waals surface area contributed by atoms with Gasteiger partial charge >= 0.3 is 0 Å². The second kappa shape index (κ2) is 6.90. The summed E-state index contributed by atoms with van der Waals surface area (Å²) in [5.41, 5.74) is 3.72. The van der Waals surface area contributed by atoms with Gasteiger partial charge < -0.3 is 24.3 Å². The molecule has 1 unspecified atom stereocenters. The van der Waals surface area contributed by atoms with Crippen molar-refractivity contribution >= 4 is 16.7 Å². The summed E-state index contributed by atoms with van der Waals surface area (Å²) in [6.07, 6.45) is -0.944. The van der Waals surface area contributed by atoms with Crippen molar-refractivity contribution in [2.24, 2.45) is 7.05 Å². The van der Waals surface area contributed by atoms with Gasteiger partial charge in [0.05, 0.1) is 24.8 Å². The van der Waals surface area contributed by atoms with Crippen molar-refractivity contribution in [2.45, 2.75) is 25.4 Å². The highest BCUT2D eigenvalue weighted by molar-refractivity contribution is 6.20. The molecule has 6 heteroatoms. The first-order valence-corrected chi connectivity index (χ1v) is 9.57. The van der Waals surface area contributed by atoms with Crippen molar-refractivity contribution < 1.29 is 24.5 Å². The molecule has 1 heterocycles. The third-order valence-electron chi connectivity index (χ3n) is 5.79. The Hall–Kier alpha value is -2.83. The highest BCUT2D eigenvalue weighted by atomic mass is 16.5. The maximum Gasteiger partial charge on any atom is 0.195 e. The fraction of sp³-hybridized carbons (Fsp3) is 0.348. The van der Waals surface area contributed by atoms with Crippen LogP contribution < -0.4 is 9.47 Å². The number of hydrogen-bond donors (Lipinski definition) is 2. The molecule has 29 heavy (non-hydrogen) atoms. The summed E-state index contributed by atoms with van der Waals surface area (Å²) in [7, 11) is 3.60. The molecule has 0 radical (unpaired) electrons. The van der Waals surface area contributed by atoms with Crippen molar-refractivity contribution in [1.82, 2.24) is 4.57 Å². The van der Waals surface area contributed by atoms with Gasteiger partial charge in [-0.2, -0.15) is 0 Å². The van der Waals surface area contributed by atoms with Crippen LogP contribution in [0, 0.1) is 0 Å². The molecule has 152 valence electrons. The molecule has 0 spiro atoms. The molecule has 2 aromatic carbocycles. The number of carbonyl (C=O) groups excluding carboxylic acids is 1. The first kappa shape index (κ1) is 19.5. The van der Waals surface area contributed by atoms with Crippen molar-refractivity contribution in [3.8, 4) is 11.5 Å². The molecule has 0 amide bonds. The fourth-order valence-corrected chi connectivity index (χ4v) is 4.34. The number of aliphatic hydroxyl groups excluding tert-OH is 2. The van der Waals surface area contributed by atoms with E-state index in [0.29, 0.717) is 11.3 Å². The van der Waals surface area contributed by atoms with E-state index >= 15 is 0 Å². The first-order valence-electron chi connectivity index (χ1n) is 9.57. The zero-order valence-corrected chi connectivity index (χ0v) is 17.0. The van der Waals surface area contributed by atoms with E-state index in [1.54, 1.807) is 19.2 Å². The topological polar surface area (TPSA) is 80.9 Å². The maximum absolute atomic E-state index is 13.4. The fourth-order valence-electron chi connectivity index (χ4n) is 4.34. The van der Waals surface area contributed by atoms with Crippen LogP contribution in [0.2, 0.25) is 0 Å². The van der Waals surface area contributed by atoms with E-state index in [2.05, 4.69) is 18.4 Å². The van der Waals surface area contributed by atoms with E-state index in [0.717, 1.165) is 33.5 Å². The van der Waals surface area contributed by atoms with Gasteiger partial charge in [-0.05, 0) is 35.9 Å². The summed E-state index contributed by atoms with van der Waals surface area (Å²) in [6.45, 7) is 3.82. The lowest BCUT2D eigenvalue weighted by Crippen LogP contribution is -2.32. The first-order chi connectivity index (χ1) is 13.8. The molecule has 1 atom stereocenters. The number of methoxy groups -OCH3 is 1. The van der Waals surface area contributed by atoms with Crippen LogP contribution in [0.15, 0.2) is 36.4 Å². The zero-order chi connectivity index (χ0) is 20.9. The summed E-state index contributed by atoms with van der Waals surface area (Å²) in [5, 5.41) is 19.4. The van der Waals surface area contributed by atoms with Crippen LogP contribution in [-0.2, 0) is 12.5 Å². The third-order valence-corrected chi connectivity index (χ3v) is 5.79. The summed E-state index contributed by atoms with van der Waals surface area (Å²) < 4.78 is 13.1.